The molecule has 0 aromatic heterocycles. The molecule has 37 heavy (non-hydrogen) atoms. The van der Waals surface area contributed by atoms with Crippen molar-refractivity contribution in [1.82, 2.24) is 0 Å². The summed E-state index contributed by atoms with van der Waals surface area (Å²) in [5, 5.41) is 11.3. The van der Waals surface area contributed by atoms with E-state index >= 15 is 0 Å². The molecule has 9 heteroatoms. The Hall–Kier alpha value is -1.70. The van der Waals surface area contributed by atoms with E-state index < -0.39 is 63.0 Å². The highest BCUT2D eigenvalue weighted by Crippen LogP contribution is 2.72. The van der Waals surface area contributed by atoms with Crippen molar-refractivity contribution in [3.05, 3.63) is 23.8 Å². The van der Waals surface area contributed by atoms with E-state index in [-0.39, 0.29) is 36.9 Å². The van der Waals surface area contributed by atoms with E-state index in [0.29, 0.717) is 18.4 Å². The maximum atomic E-state index is 13.9. The highest BCUT2D eigenvalue weighted by molar-refractivity contribution is 6.28. The number of ketones is 2. The van der Waals surface area contributed by atoms with Crippen LogP contribution in [0.1, 0.15) is 66.7 Å². The Morgan fingerprint density at radius 3 is 2.38 bits per heavy atom. The van der Waals surface area contributed by atoms with Crippen molar-refractivity contribution in [3.8, 4) is 0 Å². The molecular weight excluding hydrogens is 519 g/mol. The topological polar surface area (TPSA) is 107 Å². The molecule has 4 aliphatic rings. The summed E-state index contributed by atoms with van der Waals surface area (Å²) < 4.78 is 11.3. The summed E-state index contributed by atoms with van der Waals surface area (Å²) in [5.74, 6) is -2.71. The molecule has 4 aliphatic carbocycles. The van der Waals surface area contributed by atoms with Crippen molar-refractivity contribution in [1.29, 1.82) is 0 Å². The molecular formula is C28H36Cl2O7. The molecule has 1 N–H and O–H groups in total. The van der Waals surface area contributed by atoms with Crippen LogP contribution < -0.4 is 0 Å². The van der Waals surface area contributed by atoms with E-state index in [9.17, 15) is 24.3 Å². The summed E-state index contributed by atoms with van der Waals surface area (Å²) in [7, 11) is 0. The van der Waals surface area contributed by atoms with E-state index in [2.05, 4.69) is 0 Å². The van der Waals surface area contributed by atoms with Gasteiger partial charge in [0.15, 0.2) is 18.0 Å². The van der Waals surface area contributed by atoms with Gasteiger partial charge in [-0.15, -0.1) is 23.2 Å². The molecule has 9 unspecified atom stereocenters. The maximum absolute atomic E-state index is 13.9. The first-order valence-corrected chi connectivity index (χ1v) is 13.9. The number of Topliss-reactive ketones (excluding diaryl/α,β-unsaturated/α-hetero) is 1. The molecule has 0 heterocycles. The van der Waals surface area contributed by atoms with E-state index in [0.717, 1.165) is 0 Å². The summed E-state index contributed by atoms with van der Waals surface area (Å²) in [6.45, 7) is 8.41. The van der Waals surface area contributed by atoms with Crippen molar-refractivity contribution in [2.24, 2.45) is 28.6 Å². The zero-order chi connectivity index (χ0) is 27.6. The van der Waals surface area contributed by atoms with Gasteiger partial charge in [0.05, 0.1) is 16.4 Å². The minimum Gasteiger partial charge on any atom is -0.457 e. The number of alkyl halides is 2. The molecule has 0 saturated heterocycles. The van der Waals surface area contributed by atoms with Crippen molar-refractivity contribution in [3.63, 3.8) is 0 Å². The molecule has 0 amide bonds. The molecule has 204 valence electrons. The Morgan fingerprint density at radius 2 is 1.76 bits per heavy atom. The van der Waals surface area contributed by atoms with Crippen molar-refractivity contribution < 1.29 is 33.8 Å². The third-order valence-corrected chi connectivity index (χ3v) is 11.1. The third-order valence-electron chi connectivity index (χ3n) is 9.80. The van der Waals surface area contributed by atoms with Gasteiger partial charge < -0.3 is 14.6 Å². The number of hydrogen-bond donors (Lipinski definition) is 1. The lowest BCUT2D eigenvalue weighted by Crippen LogP contribution is -2.70. The molecule has 0 radical (unpaired) electrons. The Morgan fingerprint density at radius 1 is 1.11 bits per heavy atom. The lowest BCUT2D eigenvalue weighted by atomic mass is 9.45. The normalized spacial score (nSPS) is 44.3. The molecule has 0 spiro atoms. The standard InChI is InChI=1S/C28H36Cl2O7/c1-6-23(34)36-14-22(33)28(37-24(35)7-2)15(3)10-17-18-12-20(29)19-11-16(31)8-9-25(19,4)27(18,30)21(32)13-26(17,28)5/h8-9,11,15,17-18,20-21,32H,6-7,10,12-14H2,1-5H3. The number of carbonyl (C=O) groups excluding carboxylic acids is 4. The van der Waals surface area contributed by atoms with Crippen molar-refractivity contribution in [2.75, 3.05) is 6.61 Å². The van der Waals surface area contributed by atoms with Gasteiger partial charge in [0.1, 0.15) is 0 Å². The van der Waals surface area contributed by atoms with Gasteiger partial charge in [-0.3, -0.25) is 19.2 Å². The quantitative estimate of drug-likeness (QED) is 0.385. The minimum atomic E-state index is -1.60. The molecule has 0 bridgehead atoms. The third kappa shape index (κ3) is 3.78. The van der Waals surface area contributed by atoms with Gasteiger partial charge >= 0.3 is 11.9 Å². The van der Waals surface area contributed by atoms with E-state index in [1.54, 1.807) is 19.9 Å². The Labute approximate surface area is 227 Å². The molecule has 0 aromatic carbocycles. The molecule has 0 aromatic rings. The zero-order valence-corrected chi connectivity index (χ0v) is 23.5. The average molecular weight is 555 g/mol. The van der Waals surface area contributed by atoms with Crippen LogP contribution in [0.4, 0.5) is 0 Å². The van der Waals surface area contributed by atoms with Gasteiger partial charge in [-0.1, -0.05) is 40.7 Å². The highest BCUT2D eigenvalue weighted by Gasteiger charge is 2.77. The second-order valence-corrected chi connectivity index (χ2v) is 12.6. The summed E-state index contributed by atoms with van der Waals surface area (Å²) in [6, 6.07) is 0. The van der Waals surface area contributed by atoms with Gasteiger partial charge in [0.2, 0.25) is 5.78 Å². The summed E-state index contributed by atoms with van der Waals surface area (Å²) in [6.07, 6.45) is 4.81. The molecule has 0 aliphatic heterocycles. The average Bonchev–Trinajstić information content (AvgIpc) is 3.07. The maximum Gasteiger partial charge on any atom is 0.306 e. The highest BCUT2D eigenvalue weighted by atomic mass is 35.5. The second-order valence-electron chi connectivity index (χ2n) is 11.5. The summed E-state index contributed by atoms with van der Waals surface area (Å²) >= 11 is 14.4. The fourth-order valence-corrected chi connectivity index (χ4v) is 8.97. The number of allylic oxidation sites excluding steroid dienone is 4. The number of carbonyl (C=O) groups is 4. The number of halogens is 2. The van der Waals surface area contributed by atoms with Crippen LogP contribution in [0, 0.1) is 28.6 Å². The van der Waals surface area contributed by atoms with Crippen molar-refractivity contribution in [2.45, 2.75) is 88.7 Å². The molecule has 3 saturated carbocycles. The monoisotopic (exact) mass is 554 g/mol. The van der Waals surface area contributed by atoms with E-state index in [1.807, 2.05) is 20.8 Å². The molecule has 3 fully saturated rings. The van der Waals surface area contributed by atoms with Crippen molar-refractivity contribution >= 4 is 46.7 Å². The van der Waals surface area contributed by atoms with Gasteiger partial charge in [-0.05, 0) is 48.8 Å². The number of rotatable bonds is 6. The molecule has 9 atom stereocenters. The number of fused-ring (bicyclic) bond motifs is 5. The fourth-order valence-electron chi connectivity index (χ4n) is 8.00. The number of ether oxygens (including phenoxy) is 2. The molecule has 4 rings (SSSR count). The number of hydrogen-bond acceptors (Lipinski definition) is 7. The fraction of sp³-hybridized carbons (Fsp3) is 0.714. The van der Waals surface area contributed by atoms with Gasteiger partial charge in [0, 0.05) is 29.6 Å². The van der Waals surface area contributed by atoms with Gasteiger partial charge in [-0.25, -0.2) is 0 Å². The Balaban J connectivity index is 1.83. The second kappa shape index (κ2) is 9.49. The zero-order valence-electron chi connectivity index (χ0n) is 22.0. The predicted molar refractivity (Wildman–Crippen MR) is 138 cm³/mol. The number of aliphatic hydroxyl groups is 1. The first kappa shape index (κ1) is 28.3. The minimum absolute atomic E-state index is 0.0669. The first-order chi connectivity index (χ1) is 17.2. The molecule has 7 nitrogen and oxygen atoms in total. The van der Waals surface area contributed by atoms with Crippen LogP contribution in [0.5, 0.6) is 0 Å². The largest absolute Gasteiger partial charge is 0.457 e. The van der Waals surface area contributed by atoms with Crippen LogP contribution in [0.15, 0.2) is 23.8 Å². The SMILES string of the molecule is CCC(=O)OCC(=O)C1(OC(=O)CC)C(C)CC2C3CC(Cl)C4=CC(=O)C=CC4(C)C3(Cl)C(O)CC21C. The lowest BCUT2D eigenvalue weighted by molar-refractivity contribution is -0.203. The number of aliphatic hydroxyl groups excluding tert-OH is 1. The Kier molecular flexibility index (Phi) is 7.26. The van der Waals surface area contributed by atoms with Gasteiger partial charge in [-0.2, -0.15) is 0 Å². The number of esters is 2. The summed E-state index contributed by atoms with van der Waals surface area (Å²) in [5.41, 5.74) is -2.78. The van der Waals surface area contributed by atoms with Gasteiger partial charge in [0.25, 0.3) is 0 Å². The van der Waals surface area contributed by atoms with Crippen LogP contribution in [0.25, 0.3) is 0 Å². The smallest absolute Gasteiger partial charge is 0.306 e. The van der Waals surface area contributed by atoms with Crippen LogP contribution in [0.2, 0.25) is 0 Å². The predicted octanol–water partition coefficient (Wildman–Crippen LogP) is 4.30. The van der Waals surface area contributed by atoms with Crippen LogP contribution in [-0.4, -0.2) is 57.2 Å². The van der Waals surface area contributed by atoms with E-state index in [4.69, 9.17) is 32.7 Å². The van der Waals surface area contributed by atoms with E-state index in [1.165, 1.54) is 12.2 Å². The Bertz CT molecular complexity index is 1080. The first-order valence-electron chi connectivity index (χ1n) is 13.1. The van der Waals surface area contributed by atoms with Crippen LogP contribution >= 0.6 is 23.2 Å². The summed E-state index contributed by atoms with van der Waals surface area (Å²) in [4.78, 5) is 49.5. The van der Waals surface area contributed by atoms with Crippen LogP contribution in [-0.2, 0) is 28.7 Å². The lowest BCUT2D eigenvalue weighted by Gasteiger charge is -2.64. The van der Waals surface area contributed by atoms with Crippen LogP contribution in [0.3, 0.4) is 0 Å².